The highest BCUT2D eigenvalue weighted by molar-refractivity contribution is 5.90. The van der Waals surface area contributed by atoms with E-state index >= 15 is 0 Å². The summed E-state index contributed by atoms with van der Waals surface area (Å²) in [7, 11) is 4.23. The average molecular weight is 238 g/mol. The molecule has 2 fully saturated rings. The number of rotatable bonds is 3. The van der Waals surface area contributed by atoms with Gasteiger partial charge < -0.3 is 10.3 Å². The van der Waals surface area contributed by atoms with Gasteiger partial charge in [-0.1, -0.05) is 13.3 Å². The van der Waals surface area contributed by atoms with Gasteiger partial charge in [-0.15, -0.1) is 0 Å². The fourth-order valence-corrected chi connectivity index (χ4v) is 3.45. The van der Waals surface area contributed by atoms with Crippen molar-refractivity contribution in [3.63, 3.8) is 0 Å². The molecule has 2 saturated heterocycles. The van der Waals surface area contributed by atoms with Crippen molar-refractivity contribution >= 4 is 5.71 Å². The van der Waals surface area contributed by atoms with E-state index in [1.807, 2.05) is 0 Å². The van der Waals surface area contributed by atoms with Crippen LogP contribution in [0.4, 0.5) is 0 Å². The van der Waals surface area contributed by atoms with Crippen molar-refractivity contribution in [3.05, 3.63) is 0 Å². The maximum absolute atomic E-state index is 8.46. The van der Waals surface area contributed by atoms with E-state index in [4.69, 9.17) is 5.41 Å². The second-order valence-corrected chi connectivity index (χ2v) is 5.76. The quantitative estimate of drug-likeness (QED) is 0.779. The number of hydrogen-bond acceptors (Lipinski definition) is 4. The first-order chi connectivity index (χ1) is 8.08. The van der Waals surface area contributed by atoms with Crippen LogP contribution in [-0.2, 0) is 0 Å². The smallest absolute Gasteiger partial charge is 0.0364 e. The monoisotopic (exact) mass is 238 g/mol. The van der Waals surface area contributed by atoms with Crippen molar-refractivity contribution in [3.8, 4) is 0 Å². The Hall–Kier alpha value is -0.450. The summed E-state index contributed by atoms with van der Waals surface area (Å²) >= 11 is 0. The number of likely N-dealkylation sites (tertiary alicyclic amines) is 1. The maximum Gasteiger partial charge on any atom is 0.0364 e. The Bertz CT molecular complexity index is 291. The Balaban J connectivity index is 2.16. The molecule has 98 valence electrons. The molecule has 4 nitrogen and oxygen atoms in total. The molecule has 4 heteroatoms. The van der Waals surface area contributed by atoms with Gasteiger partial charge in [-0.2, -0.15) is 0 Å². The van der Waals surface area contributed by atoms with E-state index in [1.165, 1.54) is 12.8 Å². The molecule has 2 aliphatic rings. The summed E-state index contributed by atoms with van der Waals surface area (Å²) in [6.07, 6.45) is 4.66. The Labute approximate surface area is 105 Å². The molecule has 2 rings (SSSR count). The first-order valence-corrected chi connectivity index (χ1v) is 6.82. The largest absolute Gasteiger partial charge is 0.308 e. The van der Waals surface area contributed by atoms with Gasteiger partial charge in [-0.3, -0.25) is 5.43 Å². The summed E-state index contributed by atoms with van der Waals surface area (Å²) in [4.78, 5) is 2.27. The number of piperidine rings is 1. The third kappa shape index (κ3) is 2.39. The van der Waals surface area contributed by atoms with E-state index in [1.54, 1.807) is 0 Å². The second kappa shape index (κ2) is 5.04. The molecule has 0 aliphatic carbocycles. The predicted octanol–water partition coefficient (Wildman–Crippen LogP) is 1.34. The summed E-state index contributed by atoms with van der Waals surface area (Å²) in [6.45, 7) is 5.33. The van der Waals surface area contributed by atoms with Gasteiger partial charge in [-0.25, -0.2) is 5.01 Å². The van der Waals surface area contributed by atoms with Gasteiger partial charge in [0, 0.05) is 37.3 Å². The fourth-order valence-electron chi connectivity index (χ4n) is 3.45. The maximum atomic E-state index is 8.46. The van der Waals surface area contributed by atoms with E-state index in [2.05, 4.69) is 36.4 Å². The lowest BCUT2D eigenvalue weighted by Gasteiger charge is -2.45. The molecule has 0 bridgehead atoms. The van der Waals surface area contributed by atoms with Crippen LogP contribution < -0.4 is 5.43 Å². The summed E-state index contributed by atoms with van der Waals surface area (Å²) in [6, 6.07) is 0.480. The van der Waals surface area contributed by atoms with Crippen LogP contribution in [0, 0.1) is 10.8 Å². The Morgan fingerprint density at radius 1 is 1.41 bits per heavy atom. The summed E-state index contributed by atoms with van der Waals surface area (Å²) < 4.78 is 0. The molecule has 0 amide bonds. The van der Waals surface area contributed by atoms with E-state index in [9.17, 15) is 0 Å². The number of hydrogen-bond donors (Lipinski definition) is 2. The molecular weight excluding hydrogens is 212 g/mol. The van der Waals surface area contributed by atoms with Crippen LogP contribution in [0.5, 0.6) is 0 Å². The van der Waals surface area contributed by atoms with E-state index in [0.29, 0.717) is 6.04 Å². The van der Waals surface area contributed by atoms with Gasteiger partial charge in [0.05, 0.1) is 0 Å². The highest BCUT2D eigenvalue weighted by atomic mass is 15.5. The molecule has 2 atom stereocenters. The first-order valence-electron chi connectivity index (χ1n) is 6.82. The van der Waals surface area contributed by atoms with Gasteiger partial charge in [0.15, 0.2) is 0 Å². The molecular formula is C13H26N4. The van der Waals surface area contributed by atoms with Crippen LogP contribution in [0.25, 0.3) is 0 Å². The first kappa shape index (κ1) is 13.0. The lowest BCUT2D eigenvalue weighted by Crippen LogP contribution is -2.56. The van der Waals surface area contributed by atoms with Crippen LogP contribution in [0.15, 0.2) is 0 Å². The van der Waals surface area contributed by atoms with Crippen molar-refractivity contribution in [2.75, 3.05) is 33.7 Å². The standard InChI is InChI=1S/C13H26N4/c1-4-6-13(12-5-8-17(3)15-12)7-9-16(2)10-11(13)14/h12,14-15H,4-10H2,1-3H3. The number of hydrazine groups is 1. The van der Waals surface area contributed by atoms with Crippen LogP contribution in [0.1, 0.15) is 32.6 Å². The number of nitrogens with zero attached hydrogens (tertiary/aromatic N) is 2. The van der Waals surface area contributed by atoms with E-state index in [0.717, 1.165) is 38.2 Å². The predicted molar refractivity (Wildman–Crippen MR) is 71.4 cm³/mol. The minimum absolute atomic E-state index is 0.117. The van der Waals surface area contributed by atoms with Gasteiger partial charge in [0.1, 0.15) is 0 Å². The summed E-state index contributed by atoms with van der Waals surface area (Å²) in [5, 5.41) is 10.6. The summed E-state index contributed by atoms with van der Waals surface area (Å²) in [5.41, 5.74) is 4.63. The van der Waals surface area contributed by atoms with Crippen molar-refractivity contribution in [2.24, 2.45) is 5.41 Å². The SMILES string of the molecule is CCCC1(C2CCN(C)N2)CCN(C)CC1=N. The zero-order valence-corrected chi connectivity index (χ0v) is 11.4. The van der Waals surface area contributed by atoms with Crippen LogP contribution in [0.2, 0.25) is 0 Å². The molecule has 0 radical (unpaired) electrons. The van der Waals surface area contributed by atoms with Gasteiger partial charge in [-0.05, 0) is 32.9 Å². The third-order valence-corrected chi connectivity index (χ3v) is 4.46. The van der Waals surface area contributed by atoms with Crippen molar-refractivity contribution in [1.82, 2.24) is 15.3 Å². The Morgan fingerprint density at radius 3 is 2.71 bits per heavy atom. The third-order valence-electron chi connectivity index (χ3n) is 4.46. The highest BCUT2D eigenvalue weighted by Crippen LogP contribution is 2.39. The fraction of sp³-hybridized carbons (Fsp3) is 0.923. The average Bonchev–Trinajstić information content (AvgIpc) is 2.70. The molecule has 0 aromatic rings. The van der Waals surface area contributed by atoms with E-state index in [-0.39, 0.29) is 5.41 Å². The summed E-state index contributed by atoms with van der Waals surface area (Å²) in [5.74, 6) is 0. The van der Waals surface area contributed by atoms with Crippen molar-refractivity contribution in [2.45, 2.75) is 38.6 Å². The van der Waals surface area contributed by atoms with Gasteiger partial charge in [0.2, 0.25) is 0 Å². The van der Waals surface area contributed by atoms with Crippen LogP contribution >= 0.6 is 0 Å². The minimum Gasteiger partial charge on any atom is -0.308 e. The Morgan fingerprint density at radius 2 is 2.18 bits per heavy atom. The second-order valence-electron chi connectivity index (χ2n) is 5.76. The molecule has 2 aliphatic heterocycles. The highest BCUT2D eigenvalue weighted by Gasteiger charge is 2.46. The zero-order valence-electron chi connectivity index (χ0n) is 11.4. The Kier molecular flexibility index (Phi) is 3.85. The van der Waals surface area contributed by atoms with Crippen molar-refractivity contribution < 1.29 is 0 Å². The normalized spacial score (nSPS) is 36.6. The van der Waals surface area contributed by atoms with Gasteiger partial charge >= 0.3 is 0 Å². The van der Waals surface area contributed by atoms with Crippen molar-refractivity contribution in [1.29, 1.82) is 5.41 Å². The van der Waals surface area contributed by atoms with E-state index < -0.39 is 0 Å². The minimum atomic E-state index is 0.117. The lowest BCUT2D eigenvalue weighted by molar-refractivity contribution is 0.160. The molecule has 2 unspecified atom stereocenters. The molecule has 2 heterocycles. The number of nitrogens with one attached hydrogen (secondary N) is 2. The molecule has 0 aromatic heterocycles. The molecule has 0 aromatic carbocycles. The van der Waals surface area contributed by atoms with Crippen LogP contribution in [0.3, 0.4) is 0 Å². The lowest BCUT2D eigenvalue weighted by atomic mass is 9.67. The molecule has 17 heavy (non-hydrogen) atoms. The molecule has 0 spiro atoms. The van der Waals surface area contributed by atoms with Gasteiger partial charge in [0.25, 0.3) is 0 Å². The topological polar surface area (TPSA) is 42.4 Å². The van der Waals surface area contributed by atoms with Crippen LogP contribution in [-0.4, -0.2) is 55.4 Å². The molecule has 0 saturated carbocycles. The molecule has 2 N–H and O–H groups in total. The zero-order chi connectivity index (χ0) is 12.5.